The summed E-state index contributed by atoms with van der Waals surface area (Å²) >= 11 is 0. The molecule has 0 unspecified atom stereocenters. The minimum Gasteiger partial charge on any atom is -0.497 e. The van der Waals surface area contributed by atoms with Gasteiger partial charge < -0.3 is 19.5 Å². The van der Waals surface area contributed by atoms with Crippen LogP contribution in [0.15, 0.2) is 48.5 Å². The molecule has 2 heterocycles. The fraction of sp³-hybridized carbons (Fsp3) is 0.250. The predicted molar refractivity (Wildman–Crippen MR) is 101 cm³/mol. The molecule has 0 spiro atoms. The number of hydrogen-bond acceptors (Lipinski definition) is 6. The van der Waals surface area contributed by atoms with E-state index in [9.17, 15) is 4.79 Å². The fourth-order valence-corrected chi connectivity index (χ4v) is 3.07. The van der Waals surface area contributed by atoms with Crippen molar-refractivity contribution in [1.29, 1.82) is 0 Å². The highest BCUT2D eigenvalue weighted by Crippen LogP contribution is 2.28. The highest BCUT2D eigenvalue weighted by molar-refractivity contribution is 6.03. The molecule has 1 aromatic heterocycles. The Labute approximate surface area is 162 Å². The molecule has 8 heteroatoms. The molecule has 0 bridgehead atoms. The van der Waals surface area contributed by atoms with Crippen LogP contribution < -0.4 is 14.8 Å². The zero-order valence-corrected chi connectivity index (χ0v) is 15.6. The first-order valence-electron chi connectivity index (χ1n) is 8.81. The van der Waals surface area contributed by atoms with E-state index in [4.69, 9.17) is 14.2 Å². The third kappa shape index (κ3) is 3.54. The van der Waals surface area contributed by atoms with Gasteiger partial charge in [0.2, 0.25) is 0 Å². The summed E-state index contributed by atoms with van der Waals surface area (Å²) in [5.41, 5.74) is 2.60. The van der Waals surface area contributed by atoms with Gasteiger partial charge in [0.1, 0.15) is 17.6 Å². The average Bonchev–Trinajstić information content (AvgIpc) is 3.18. The van der Waals surface area contributed by atoms with E-state index in [1.54, 1.807) is 43.2 Å². The van der Waals surface area contributed by atoms with Crippen molar-refractivity contribution >= 4 is 11.6 Å². The Morgan fingerprint density at radius 1 is 1.07 bits per heavy atom. The summed E-state index contributed by atoms with van der Waals surface area (Å²) in [7, 11) is 3.22. The van der Waals surface area contributed by atoms with Gasteiger partial charge in [0.15, 0.2) is 5.69 Å². The molecule has 144 valence electrons. The Morgan fingerprint density at radius 3 is 2.36 bits per heavy atom. The third-order valence-electron chi connectivity index (χ3n) is 4.65. The maximum absolute atomic E-state index is 12.6. The van der Waals surface area contributed by atoms with Crippen molar-refractivity contribution in [2.45, 2.75) is 19.3 Å². The van der Waals surface area contributed by atoms with Crippen molar-refractivity contribution in [3.63, 3.8) is 0 Å². The number of benzene rings is 2. The van der Waals surface area contributed by atoms with E-state index in [-0.39, 0.29) is 24.3 Å². The standard InChI is InChI=1S/C20H20N4O4/c1-26-15-7-3-13(4-8-15)18-11-24-17(12-28-18)19(22-23-24)20(25)21-14-5-9-16(27-2)10-6-14/h3-10,18H,11-12H2,1-2H3,(H,21,25)/t18-/m1/s1. The van der Waals surface area contributed by atoms with Crippen LogP contribution in [0.2, 0.25) is 0 Å². The van der Waals surface area contributed by atoms with E-state index in [2.05, 4.69) is 15.6 Å². The highest BCUT2D eigenvalue weighted by atomic mass is 16.5. The van der Waals surface area contributed by atoms with Gasteiger partial charge >= 0.3 is 0 Å². The number of ether oxygens (including phenoxy) is 3. The smallest absolute Gasteiger partial charge is 0.278 e. The number of carbonyl (C=O) groups excluding carboxylic acids is 1. The quantitative estimate of drug-likeness (QED) is 0.732. The summed E-state index contributed by atoms with van der Waals surface area (Å²) in [5, 5.41) is 11.0. The molecule has 1 aliphatic rings. The predicted octanol–water partition coefficient (Wildman–Crippen LogP) is 2.82. The molecule has 8 nitrogen and oxygen atoms in total. The van der Waals surface area contributed by atoms with Crippen LogP contribution in [0.3, 0.4) is 0 Å². The van der Waals surface area contributed by atoms with Crippen molar-refractivity contribution < 1.29 is 19.0 Å². The number of anilines is 1. The molecule has 0 saturated heterocycles. The molecule has 3 aromatic rings. The third-order valence-corrected chi connectivity index (χ3v) is 4.65. The van der Waals surface area contributed by atoms with Crippen molar-refractivity contribution in [3.8, 4) is 11.5 Å². The van der Waals surface area contributed by atoms with Crippen LogP contribution in [0.4, 0.5) is 5.69 Å². The second-order valence-corrected chi connectivity index (χ2v) is 6.32. The molecule has 1 aliphatic heterocycles. The average molecular weight is 380 g/mol. The lowest BCUT2D eigenvalue weighted by molar-refractivity contribution is -0.00173. The van der Waals surface area contributed by atoms with Crippen LogP contribution in [-0.4, -0.2) is 35.1 Å². The molecular formula is C20H20N4O4. The van der Waals surface area contributed by atoms with Gasteiger partial charge in [-0.2, -0.15) is 0 Å². The number of nitrogens with zero attached hydrogens (tertiary/aromatic N) is 3. The van der Waals surface area contributed by atoms with Gasteiger partial charge in [-0.25, -0.2) is 4.68 Å². The van der Waals surface area contributed by atoms with Crippen molar-refractivity contribution in [1.82, 2.24) is 15.0 Å². The highest BCUT2D eigenvalue weighted by Gasteiger charge is 2.27. The Balaban J connectivity index is 1.47. The Kier molecular flexibility index (Phi) is 4.94. The molecular weight excluding hydrogens is 360 g/mol. The van der Waals surface area contributed by atoms with Crippen LogP contribution in [0.1, 0.15) is 27.8 Å². The van der Waals surface area contributed by atoms with Gasteiger partial charge in [-0.05, 0) is 42.0 Å². The van der Waals surface area contributed by atoms with Gasteiger partial charge in [0.05, 0.1) is 33.1 Å². The Morgan fingerprint density at radius 2 is 1.71 bits per heavy atom. The summed E-state index contributed by atoms with van der Waals surface area (Å²) in [6.07, 6.45) is -0.155. The number of hydrogen-bond donors (Lipinski definition) is 1. The van der Waals surface area contributed by atoms with E-state index < -0.39 is 0 Å². The number of carbonyl (C=O) groups is 1. The monoisotopic (exact) mass is 380 g/mol. The molecule has 2 aromatic carbocycles. The Bertz CT molecular complexity index is 967. The molecule has 0 fully saturated rings. The minimum atomic E-state index is -0.321. The van der Waals surface area contributed by atoms with Gasteiger partial charge in [-0.3, -0.25) is 4.79 Å². The van der Waals surface area contributed by atoms with E-state index in [1.165, 1.54) is 0 Å². The molecule has 28 heavy (non-hydrogen) atoms. The molecule has 4 rings (SSSR count). The lowest BCUT2D eigenvalue weighted by atomic mass is 10.1. The molecule has 1 amide bonds. The van der Waals surface area contributed by atoms with Gasteiger partial charge in [-0.1, -0.05) is 17.3 Å². The number of fused-ring (bicyclic) bond motifs is 1. The SMILES string of the molecule is COc1ccc(NC(=O)c2nnn3c2CO[C@@H](c2ccc(OC)cc2)C3)cc1. The van der Waals surface area contributed by atoms with Crippen LogP contribution in [-0.2, 0) is 17.9 Å². The summed E-state index contributed by atoms with van der Waals surface area (Å²) in [4.78, 5) is 12.6. The summed E-state index contributed by atoms with van der Waals surface area (Å²) in [6.45, 7) is 0.750. The zero-order valence-electron chi connectivity index (χ0n) is 15.6. The van der Waals surface area contributed by atoms with Crippen LogP contribution in [0.25, 0.3) is 0 Å². The summed E-state index contributed by atoms with van der Waals surface area (Å²) < 4.78 is 18.0. The summed E-state index contributed by atoms with van der Waals surface area (Å²) in [5.74, 6) is 1.19. The fourth-order valence-electron chi connectivity index (χ4n) is 3.07. The number of nitrogens with one attached hydrogen (secondary N) is 1. The molecule has 0 aliphatic carbocycles. The van der Waals surface area contributed by atoms with E-state index in [0.29, 0.717) is 17.9 Å². The number of rotatable bonds is 5. The largest absolute Gasteiger partial charge is 0.497 e. The molecule has 1 N–H and O–H groups in total. The second kappa shape index (κ2) is 7.69. The molecule has 0 radical (unpaired) electrons. The van der Waals surface area contributed by atoms with Gasteiger partial charge in [-0.15, -0.1) is 5.10 Å². The first kappa shape index (κ1) is 18.0. The maximum Gasteiger partial charge on any atom is 0.278 e. The van der Waals surface area contributed by atoms with Crippen LogP contribution >= 0.6 is 0 Å². The Hall–Kier alpha value is -3.39. The normalized spacial score (nSPS) is 15.6. The van der Waals surface area contributed by atoms with Crippen molar-refractivity contribution in [2.24, 2.45) is 0 Å². The van der Waals surface area contributed by atoms with E-state index in [0.717, 1.165) is 17.1 Å². The molecule has 1 atom stereocenters. The zero-order chi connectivity index (χ0) is 19.5. The van der Waals surface area contributed by atoms with Gasteiger partial charge in [0.25, 0.3) is 5.91 Å². The van der Waals surface area contributed by atoms with Gasteiger partial charge in [0, 0.05) is 5.69 Å². The number of methoxy groups -OCH3 is 2. The first-order chi connectivity index (χ1) is 13.7. The summed E-state index contributed by atoms with van der Waals surface area (Å²) in [6, 6.07) is 14.8. The topological polar surface area (TPSA) is 87.5 Å². The number of amides is 1. The van der Waals surface area contributed by atoms with E-state index in [1.807, 2.05) is 24.3 Å². The second-order valence-electron chi connectivity index (χ2n) is 6.32. The van der Waals surface area contributed by atoms with Crippen LogP contribution in [0, 0.1) is 0 Å². The van der Waals surface area contributed by atoms with E-state index >= 15 is 0 Å². The number of aromatic nitrogens is 3. The lowest BCUT2D eigenvalue weighted by Crippen LogP contribution is -2.24. The first-order valence-corrected chi connectivity index (χ1v) is 8.81. The van der Waals surface area contributed by atoms with Crippen LogP contribution in [0.5, 0.6) is 11.5 Å². The maximum atomic E-state index is 12.6. The minimum absolute atomic E-state index is 0.155. The lowest BCUT2D eigenvalue weighted by Gasteiger charge is -2.24. The van der Waals surface area contributed by atoms with Crippen molar-refractivity contribution in [3.05, 3.63) is 65.5 Å². The van der Waals surface area contributed by atoms with Crippen molar-refractivity contribution in [2.75, 3.05) is 19.5 Å². The molecule has 0 saturated carbocycles.